The van der Waals surface area contributed by atoms with E-state index in [9.17, 15) is 18.8 Å². The third-order valence-electron chi connectivity index (χ3n) is 4.80. The first kappa shape index (κ1) is 20.8. The first-order chi connectivity index (χ1) is 14.9. The number of nitrogens with zero attached hydrogens (tertiary/aromatic N) is 1. The Balaban J connectivity index is 1.58. The Kier molecular flexibility index (Phi) is 5.85. The highest BCUT2D eigenvalue weighted by Gasteiger charge is 2.34. The molecule has 3 N–H and O–H groups in total. The van der Waals surface area contributed by atoms with Gasteiger partial charge in [0.15, 0.2) is 5.16 Å². The number of thioether (sulfide) groups is 1. The first-order valence-electron chi connectivity index (χ1n) is 9.58. The van der Waals surface area contributed by atoms with Crippen LogP contribution in [0.5, 0.6) is 0 Å². The van der Waals surface area contributed by atoms with Crippen molar-refractivity contribution in [3.63, 3.8) is 0 Å². The van der Waals surface area contributed by atoms with Gasteiger partial charge in [-0.2, -0.15) is 0 Å². The van der Waals surface area contributed by atoms with Crippen molar-refractivity contribution in [3.05, 3.63) is 81.4 Å². The topological polar surface area (TPSA) is 104 Å². The molecule has 0 radical (unpaired) electrons. The van der Waals surface area contributed by atoms with Gasteiger partial charge in [-0.05, 0) is 30.7 Å². The van der Waals surface area contributed by atoms with Crippen molar-refractivity contribution in [2.24, 2.45) is 0 Å². The van der Waals surface area contributed by atoms with Gasteiger partial charge in [0.05, 0.1) is 11.5 Å². The van der Waals surface area contributed by atoms with Gasteiger partial charge in [0.2, 0.25) is 11.8 Å². The zero-order valence-electron chi connectivity index (χ0n) is 16.6. The molecule has 0 spiro atoms. The third kappa shape index (κ3) is 4.83. The lowest BCUT2D eigenvalue weighted by molar-refractivity contribution is -0.123. The van der Waals surface area contributed by atoms with Gasteiger partial charge >= 0.3 is 0 Å². The fraction of sp³-hybridized carbons (Fsp3) is 0.182. The van der Waals surface area contributed by atoms with Crippen molar-refractivity contribution in [2.75, 3.05) is 10.6 Å². The molecule has 2 aromatic carbocycles. The molecule has 1 aliphatic heterocycles. The Hall–Kier alpha value is -3.46. The van der Waals surface area contributed by atoms with E-state index in [1.807, 2.05) is 31.2 Å². The number of hydrogen-bond donors (Lipinski definition) is 3. The Labute approximate surface area is 181 Å². The number of rotatable bonds is 5. The zero-order chi connectivity index (χ0) is 22.0. The Morgan fingerprint density at radius 2 is 2.03 bits per heavy atom. The standard InChI is InChI=1S/C22H19FN4O3S/c1-12-4-2-5-13(8-12)11-31-22-26-19-18(21(30)27-22)16(10-17(28)25-19)20(29)24-15-7-3-6-14(23)9-15/h2-9,16H,10-11H2,1H3,(H,24,29)(H2,25,26,27,28,30)/t16-/m0/s1. The molecule has 0 unspecified atom stereocenters. The number of H-pyrrole nitrogens is 1. The quantitative estimate of drug-likeness (QED) is 0.417. The van der Waals surface area contributed by atoms with E-state index in [4.69, 9.17) is 0 Å². The smallest absolute Gasteiger partial charge is 0.257 e. The molecular formula is C22H19FN4O3S. The van der Waals surface area contributed by atoms with Crippen molar-refractivity contribution < 1.29 is 14.0 Å². The molecule has 1 aliphatic rings. The Morgan fingerprint density at radius 3 is 2.81 bits per heavy atom. The van der Waals surface area contributed by atoms with Crippen LogP contribution in [0.3, 0.4) is 0 Å². The van der Waals surface area contributed by atoms with Gasteiger partial charge in [0, 0.05) is 17.9 Å². The molecule has 7 nitrogen and oxygen atoms in total. The van der Waals surface area contributed by atoms with Crippen LogP contribution in [-0.2, 0) is 15.3 Å². The van der Waals surface area contributed by atoms with Crippen LogP contribution < -0.4 is 16.2 Å². The number of aryl methyl sites for hydroxylation is 1. The number of anilines is 2. The molecule has 2 amide bonds. The normalized spacial score (nSPS) is 15.2. The Morgan fingerprint density at radius 1 is 1.23 bits per heavy atom. The molecule has 0 saturated carbocycles. The average Bonchev–Trinajstić information content (AvgIpc) is 2.71. The molecule has 0 fully saturated rings. The SMILES string of the molecule is Cc1cccc(CSc2nc3c(c(=O)[nH]2)[C@@H](C(=O)Nc2cccc(F)c2)CC(=O)N3)c1. The highest BCUT2D eigenvalue weighted by atomic mass is 32.2. The monoisotopic (exact) mass is 438 g/mol. The molecule has 9 heteroatoms. The van der Waals surface area contributed by atoms with Crippen LogP contribution in [0.2, 0.25) is 0 Å². The minimum absolute atomic E-state index is 0.0751. The number of amides is 2. The molecule has 4 rings (SSSR count). The summed E-state index contributed by atoms with van der Waals surface area (Å²) in [6.07, 6.45) is -0.200. The van der Waals surface area contributed by atoms with E-state index in [-0.39, 0.29) is 23.5 Å². The number of carbonyl (C=O) groups excluding carboxylic acids is 2. The number of hydrogen-bond acceptors (Lipinski definition) is 5. The highest BCUT2D eigenvalue weighted by Crippen LogP contribution is 2.31. The van der Waals surface area contributed by atoms with Crippen molar-refractivity contribution >= 4 is 35.1 Å². The molecule has 1 aromatic heterocycles. The summed E-state index contributed by atoms with van der Waals surface area (Å²) in [5, 5.41) is 5.49. The van der Waals surface area contributed by atoms with Crippen LogP contribution in [0, 0.1) is 12.7 Å². The number of aromatic amines is 1. The fourth-order valence-electron chi connectivity index (χ4n) is 3.39. The second-order valence-corrected chi connectivity index (χ2v) is 8.18. The lowest BCUT2D eigenvalue weighted by Gasteiger charge is -2.23. The van der Waals surface area contributed by atoms with Crippen molar-refractivity contribution in [3.8, 4) is 0 Å². The van der Waals surface area contributed by atoms with Gasteiger partial charge in [0.1, 0.15) is 11.6 Å². The molecule has 0 aliphatic carbocycles. The summed E-state index contributed by atoms with van der Waals surface area (Å²) in [5.74, 6) is -1.87. The number of fused-ring (bicyclic) bond motifs is 1. The summed E-state index contributed by atoms with van der Waals surface area (Å²) in [7, 11) is 0. The number of carbonyl (C=O) groups is 2. The van der Waals surface area contributed by atoms with E-state index < -0.39 is 29.1 Å². The summed E-state index contributed by atoms with van der Waals surface area (Å²) < 4.78 is 13.4. The summed E-state index contributed by atoms with van der Waals surface area (Å²) in [4.78, 5) is 44.8. The first-order valence-corrected chi connectivity index (χ1v) is 10.6. The van der Waals surface area contributed by atoms with E-state index >= 15 is 0 Å². The minimum Gasteiger partial charge on any atom is -0.325 e. The van der Waals surface area contributed by atoms with E-state index in [1.165, 1.54) is 30.0 Å². The fourth-order valence-corrected chi connectivity index (χ4v) is 4.20. The minimum atomic E-state index is -1.03. The van der Waals surface area contributed by atoms with Crippen molar-refractivity contribution in [2.45, 2.75) is 30.2 Å². The van der Waals surface area contributed by atoms with Crippen LogP contribution in [0.4, 0.5) is 15.9 Å². The van der Waals surface area contributed by atoms with Crippen LogP contribution in [0.1, 0.15) is 29.0 Å². The second-order valence-electron chi connectivity index (χ2n) is 7.22. The van der Waals surface area contributed by atoms with E-state index in [2.05, 4.69) is 20.6 Å². The zero-order valence-corrected chi connectivity index (χ0v) is 17.4. The maximum absolute atomic E-state index is 13.4. The lowest BCUT2D eigenvalue weighted by atomic mass is 9.92. The molecule has 3 aromatic rings. The van der Waals surface area contributed by atoms with Crippen LogP contribution >= 0.6 is 11.8 Å². The van der Waals surface area contributed by atoms with E-state index in [0.717, 1.165) is 17.2 Å². The van der Waals surface area contributed by atoms with Crippen LogP contribution in [0.15, 0.2) is 58.5 Å². The molecule has 1 atom stereocenters. The molecule has 2 heterocycles. The molecule has 158 valence electrons. The van der Waals surface area contributed by atoms with Crippen molar-refractivity contribution in [1.82, 2.24) is 9.97 Å². The van der Waals surface area contributed by atoms with Gasteiger partial charge in [-0.15, -0.1) is 0 Å². The maximum Gasteiger partial charge on any atom is 0.257 e. The number of benzene rings is 2. The van der Waals surface area contributed by atoms with Gasteiger partial charge < -0.3 is 15.6 Å². The predicted molar refractivity (Wildman–Crippen MR) is 117 cm³/mol. The summed E-state index contributed by atoms with van der Waals surface area (Å²) in [5.41, 5.74) is 2.04. The number of halogens is 1. The van der Waals surface area contributed by atoms with Gasteiger partial charge in [-0.1, -0.05) is 47.7 Å². The second kappa shape index (κ2) is 8.73. The molecular weight excluding hydrogens is 419 g/mol. The average molecular weight is 438 g/mol. The van der Waals surface area contributed by atoms with Crippen molar-refractivity contribution in [1.29, 1.82) is 0 Å². The highest BCUT2D eigenvalue weighted by molar-refractivity contribution is 7.98. The summed E-state index contributed by atoms with van der Waals surface area (Å²) >= 11 is 1.32. The van der Waals surface area contributed by atoms with E-state index in [1.54, 1.807) is 0 Å². The maximum atomic E-state index is 13.4. The largest absolute Gasteiger partial charge is 0.325 e. The predicted octanol–water partition coefficient (Wildman–Crippen LogP) is 3.57. The summed E-state index contributed by atoms with van der Waals surface area (Å²) in [6, 6.07) is 13.4. The van der Waals surface area contributed by atoms with Gasteiger partial charge in [-0.3, -0.25) is 14.4 Å². The third-order valence-corrected chi connectivity index (χ3v) is 5.74. The Bertz CT molecular complexity index is 1230. The molecule has 0 saturated heterocycles. The molecule has 0 bridgehead atoms. The van der Waals surface area contributed by atoms with Crippen LogP contribution in [-0.4, -0.2) is 21.8 Å². The number of aromatic nitrogens is 2. The van der Waals surface area contributed by atoms with Gasteiger partial charge in [-0.25, -0.2) is 9.37 Å². The summed E-state index contributed by atoms with van der Waals surface area (Å²) in [6.45, 7) is 2.00. The molecule has 31 heavy (non-hydrogen) atoms. The van der Waals surface area contributed by atoms with E-state index in [0.29, 0.717) is 10.9 Å². The lowest BCUT2D eigenvalue weighted by Crippen LogP contribution is -2.36. The van der Waals surface area contributed by atoms with Gasteiger partial charge in [0.25, 0.3) is 5.56 Å². The van der Waals surface area contributed by atoms with Crippen LogP contribution in [0.25, 0.3) is 0 Å². The number of nitrogens with one attached hydrogen (secondary N) is 3.